The van der Waals surface area contributed by atoms with Crippen molar-refractivity contribution in [2.24, 2.45) is 4.99 Å². The van der Waals surface area contributed by atoms with Crippen molar-refractivity contribution in [2.45, 2.75) is 189 Å². The summed E-state index contributed by atoms with van der Waals surface area (Å²) in [6.07, 6.45) is 2.52. The van der Waals surface area contributed by atoms with Crippen molar-refractivity contribution < 1.29 is 41.8 Å². The van der Waals surface area contributed by atoms with Crippen molar-refractivity contribution in [3.63, 3.8) is 0 Å². The number of carbonyl (C=O) groups excluding carboxylic acids is 1. The van der Waals surface area contributed by atoms with Crippen molar-refractivity contribution >= 4 is 113 Å². The molecule has 0 saturated heterocycles. The summed E-state index contributed by atoms with van der Waals surface area (Å²) in [5.74, 6) is 0. The van der Waals surface area contributed by atoms with Gasteiger partial charge in [0.1, 0.15) is 6.63 Å². The number of nitrogens with zero attached hydrogens (tertiary/aromatic N) is 1. The topological polar surface area (TPSA) is 113 Å². The summed E-state index contributed by atoms with van der Waals surface area (Å²) in [5, 5.41) is 0. The third kappa shape index (κ3) is 20.1. The van der Waals surface area contributed by atoms with E-state index in [1.54, 1.807) is 6.08 Å². The molecule has 0 aromatic heterocycles. The minimum Gasteiger partial charge on any atom is -0.439 e. The maximum Gasteiger partial charge on any atom is 0.312 e. The summed E-state index contributed by atoms with van der Waals surface area (Å²) in [4.78, 5) is 15.5. The van der Waals surface area contributed by atoms with Crippen molar-refractivity contribution in [2.75, 3.05) is 6.54 Å². The van der Waals surface area contributed by atoms with Crippen LogP contribution in [0.5, 0.6) is 0 Å². The minimum atomic E-state index is -2.85. The van der Waals surface area contributed by atoms with Gasteiger partial charge in [-0.15, -0.1) is 0 Å². The highest BCUT2D eigenvalue weighted by atomic mass is 29.9. The van der Waals surface area contributed by atoms with Gasteiger partial charge in [-0.25, -0.2) is 9.79 Å². The van der Waals surface area contributed by atoms with E-state index in [4.69, 9.17) is 37.0 Å². The zero-order valence-corrected chi connectivity index (χ0v) is 53.7. The second kappa shape index (κ2) is 19.1. The molecular formula is C31H87NO10Si13. The highest BCUT2D eigenvalue weighted by molar-refractivity contribution is 7.88. The Labute approximate surface area is 352 Å². The van der Waals surface area contributed by atoms with Crippen LogP contribution in [0, 0.1) is 0 Å². The quantitative estimate of drug-likeness (QED) is 0.0379. The van der Waals surface area contributed by atoms with Crippen molar-refractivity contribution in [3.05, 3.63) is 0 Å². The molecule has 0 radical (unpaired) electrons. The first-order chi connectivity index (χ1) is 23.7. The van der Waals surface area contributed by atoms with Crippen LogP contribution in [-0.4, -0.2) is 119 Å². The Kier molecular flexibility index (Phi) is 19.7. The van der Waals surface area contributed by atoms with Gasteiger partial charge in [-0.1, -0.05) is 6.04 Å². The third-order valence-corrected chi connectivity index (χ3v) is 109. The Hall–Kier alpha value is 1.84. The van der Waals surface area contributed by atoms with E-state index in [0.29, 0.717) is 6.54 Å². The van der Waals surface area contributed by atoms with Gasteiger partial charge in [0.2, 0.25) is 6.08 Å². The summed E-state index contributed by atoms with van der Waals surface area (Å²) in [5.41, 5.74) is 0. The van der Waals surface area contributed by atoms with Crippen LogP contribution < -0.4 is 0 Å². The van der Waals surface area contributed by atoms with Crippen molar-refractivity contribution in [3.8, 4) is 0 Å². The van der Waals surface area contributed by atoms with E-state index in [0.717, 1.165) is 12.5 Å². The minimum absolute atomic E-state index is 0.404. The largest absolute Gasteiger partial charge is 0.439 e. The van der Waals surface area contributed by atoms with Crippen LogP contribution in [0.2, 0.25) is 183 Å². The molecule has 0 aromatic carbocycles. The Balaban J connectivity index is 7.89. The molecule has 0 spiro atoms. The zero-order valence-electron chi connectivity index (χ0n) is 40.7. The van der Waals surface area contributed by atoms with E-state index in [9.17, 15) is 4.79 Å². The summed E-state index contributed by atoms with van der Waals surface area (Å²) in [6, 6.07) is 0.861. The van der Waals surface area contributed by atoms with Gasteiger partial charge in [-0.05, 0) is 183 Å². The Morgan fingerprint density at radius 1 is 0.345 bits per heavy atom. The lowest BCUT2D eigenvalue weighted by Crippen LogP contribution is -2.89. The smallest absolute Gasteiger partial charge is 0.312 e. The molecule has 0 rings (SSSR count). The standard InChI is InChI=1S/C31H87NO10Si13/c1-43(2,3)34-46(10,11)37-49(16,17)40-52(22,23)55(30-28-29-32-31-33,53(24,25)41-50(18,19)38-47(12,13)35-44(4,5)6)54(26,27)42-51(20,21)39-48(14,15)36-45(7,8)9/h28-30H2,1-27H3. The molecular weight excluding hydrogens is 911 g/mol. The zero-order chi connectivity index (χ0) is 44.4. The maximum atomic E-state index is 11.4. The molecule has 0 aliphatic heterocycles. The number of aliphatic imine (C=N–C) groups is 1. The summed E-state index contributed by atoms with van der Waals surface area (Å²) in [7, 11) is -30.0. The summed E-state index contributed by atoms with van der Waals surface area (Å²) in [6.45, 7) is 58.1. The molecule has 0 aromatic rings. The Morgan fingerprint density at radius 3 is 0.764 bits per heavy atom. The van der Waals surface area contributed by atoms with Crippen LogP contribution in [-0.2, 0) is 41.8 Å². The lowest BCUT2D eigenvalue weighted by atomic mass is 10.5. The monoisotopic (exact) mass is 997 g/mol. The van der Waals surface area contributed by atoms with Crippen LogP contribution in [0.25, 0.3) is 0 Å². The molecule has 0 fully saturated rings. The first kappa shape index (κ1) is 56.8. The molecule has 0 aliphatic rings. The van der Waals surface area contributed by atoms with Gasteiger partial charge in [0, 0.05) is 0 Å². The Morgan fingerprint density at radius 2 is 0.564 bits per heavy atom. The fourth-order valence-corrected chi connectivity index (χ4v) is 147. The second-order valence-electron chi connectivity index (χ2n) is 22.2. The van der Waals surface area contributed by atoms with Crippen molar-refractivity contribution in [1.82, 2.24) is 0 Å². The molecule has 55 heavy (non-hydrogen) atoms. The van der Waals surface area contributed by atoms with Crippen LogP contribution in [0.15, 0.2) is 4.99 Å². The maximum absolute atomic E-state index is 11.4. The molecule has 0 bridgehead atoms. The fourth-order valence-electron chi connectivity index (χ4n) is 9.76. The molecule has 0 atom stereocenters. The highest BCUT2D eigenvalue weighted by Crippen LogP contribution is 2.46. The van der Waals surface area contributed by atoms with Gasteiger partial charge in [-0.2, -0.15) is 0 Å². The highest BCUT2D eigenvalue weighted by Gasteiger charge is 2.73. The van der Waals surface area contributed by atoms with Crippen molar-refractivity contribution in [1.29, 1.82) is 0 Å². The first-order valence-electron chi connectivity index (χ1n) is 20.0. The van der Waals surface area contributed by atoms with Gasteiger partial charge in [0.05, 0.1) is 6.54 Å². The number of hydrogen-bond acceptors (Lipinski definition) is 11. The summed E-state index contributed by atoms with van der Waals surface area (Å²) < 4.78 is 64.6. The second-order valence-corrected chi connectivity index (χ2v) is 93.4. The molecule has 0 aliphatic carbocycles. The van der Waals surface area contributed by atoms with Gasteiger partial charge in [0.25, 0.3) is 0 Å². The average Bonchev–Trinajstić information content (AvgIpc) is 2.73. The van der Waals surface area contributed by atoms with E-state index in [2.05, 4.69) is 182 Å². The van der Waals surface area contributed by atoms with E-state index < -0.39 is 106 Å². The predicted molar refractivity (Wildman–Crippen MR) is 265 cm³/mol. The molecule has 24 heteroatoms. The third-order valence-electron chi connectivity index (χ3n) is 8.60. The van der Waals surface area contributed by atoms with E-state index in [-0.39, 0.29) is 0 Å². The lowest BCUT2D eigenvalue weighted by Gasteiger charge is -2.61. The van der Waals surface area contributed by atoms with Crippen LogP contribution in [0.4, 0.5) is 0 Å². The normalized spacial score (nSPS) is 15.7. The molecule has 0 heterocycles. The lowest BCUT2D eigenvalue weighted by molar-refractivity contribution is 0.333. The molecule has 11 nitrogen and oxygen atoms in total. The van der Waals surface area contributed by atoms with Gasteiger partial charge < -0.3 is 37.0 Å². The van der Waals surface area contributed by atoms with Gasteiger partial charge >= 0.3 is 51.4 Å². The molecule has 0 N–H and O–H groups in total. The number of isocyanates is 1. The molecule has 0 unspecified atom stereocenters. The predicted octanol–water partition coefficient (Wildman–Crippen LogP) is 10.9. The average molecular weight is 999 g/mol. The summed E-state index contributed by atoms with van der Waals surface area (Å²) >= 11 is 0. The van der Waals surface area contributed by atoms with E-state index >= 15 is 0 Å². The molecule has 0 amide bonds. The fraction of sp³-hybridized carbons (Fsp3) is 0.968. The van der Waals surface area contributed by atoms with Crippen LogP contribution >= 0.6 is 0 Å². The molecule has 328 valence electrons. The number of rotatable bonds is 25. The van der Waals surface area contributed by atoms with Gasteiger partial charge in [0.15, 0.2) is 48.5 Å². The van der Waals surface area contributed by atoms with E-state index in [1.807, 2.05) is 0 Å². The van der Waals surface area contributed by atoms with E-state index in [1.165, 1.54) is 0 Å². The molecule has 0 saturated carbocycles. The first-order valence-corrected chi connectivity index (χ1v) is 61.1. The van der Waals surface area contributed by atoms with Gasteiger partial charge in [-0.3, -0.25) is 0 Å². The Bertz CT molecular complexity index is 1170. The number of hydrogen-bond donors (Lipinski definition) is 0. The van der Waals surface area contributed by atoms with Crippen LogP contribution in [0.3, 0.4) is 0 Å². The SMILES string of the molecule is C[Si](C)(C)O[Si](C)(C)O[Si](C)(C)O[Si](C)(C)[Si](CCCN=C=O)([Si](C)(C)O[Si](C)(C)O[Si](C)(C)O[Si](C)(C)C)[Si](C)(C)O[Si](C)(C)O[Si](C)(C)O[Si](C)(C)C. The van der Waals surface area contributed by atoms with Crippen LogP contribution in [0.1, 0.15) is 6.42 Å².